The summed E-state index contributed by atoms with van der Waals surface area (Å²) in [6.45, 7) is 2.69. The number of aliphatic hydroxyl groups excluding tert-OH is 1. The zero-order valence-corrected chi connectivity index (χ0v) is 11.0. The number of benzene rings is 1. The fourth-order valence-electron chi connectivity index (χ4n) is 1.75. The van der Waals surface area contributed by atoms with Crippen molar-refractivity contribution in [2.45, 2.75) is 38.5 Å². The summed E-state index contributed by atoms with van der Waals surface area (Å²) >= 11 is 0. The minimum absolute atomic E-state index is 0.143. The zero-order valence-electron chi connectivity index (χ0n) is 11.0. The van der Waals surface area contributed by atoms with Crippen molar-refractivity contribution in [3.8, 4) is 0 Å². The molecule has 0 spiro atoms. The van der Waals surface area contributed by atoms with Gasteiger partial charge in [-0.2, -0.15) is 0 Å². The van der Waals surface area contributed by atoms with Crippen molar-refractivity contribution < 1.29 is 14.6 Å². The van der Waals surface area contributed by atoms with E-state index in [0.717, 1.165) is 12.8 Å². The third-order valence-electron chi connectivity index (χ3n) is 2.97. The molecule has 1 aromatic carbocycles. The summed E-state index contributed by atoms with van der Waals surface area (Å²) < 4.78 is 5.08. The Labute approximate surface area is 109 Å². The molecule has 0 heterocycles. The van der Waals surface area contributed by atoms with Crippen LogP contribution in [-0.2, 0) is 9.53 Å². The van der Waals surface area contributed by atoms with Gasteiger partial charge in [-0.25, -0.2) is 0 Å². The second kappa shape index (κ2) is 8.70. The molecule has 0 saturated heterocycles. The minimum atomic E-state index is -0.143. The topological polar surface area (TPSA) is 46.5 Å². The number of esters is 1. The first-order chi connectivity index (χ1) is 8.74. The average Bonchev–Trinajstić information content (AvgIpc) is 2.42. The molecule has 0 aromatic heterocycles. The molecule has 0 aliphatic rings. The molecule has 1 unspecified atom stereocenters. The normalized spacial score (nSPS) is 12.1. The van der Waals surface area contributed by atoms with Crippen molar-refractivity contribution in [3.63, 3.8) is 0 Å². The van der Waals surface area contributed by atoms with Crippen molar-refractivity contribution in [1.82, 2.24) is 0 Å². The van der Waals surface area contributed by atoms with Crippen molar-refractivity contribution >= 4 is 5.97 Å². The molecule has 0 radical (unpaired) electrons. The molecule has 0 fully saturated rings. The predicted octanol–water partition coefficient (Wildman–Crippen LogP) is 2.89. The van der Waals surface area contributed by atoms with E-state index >= 15 is 0 Å². The van der Waals surface area contributed by atoms with Crippen molar-refractivity contribution in [1.29, 1.82) is 0 Å². The maximum atomic E-state index is 11.5. The smallest absolute Gasteiger partial charge is 0.305 e. The lowest BCUT2D eigenvalue weighted by atomic mass is 9.96. The van der Waals surface area contributed by atoms with Crippen LogP contribution in [0.25, 0.3) is 0 Å². The zero-order chi connectivity index (χ0) is 13.2. The molecule has 3 heteroatoms. The van der Waals surface area contributed by atoms with Gasteiger partial charge in [0.1, 0.15) is 0 Å². The molecule has 1 N–H and O–H groups in total. The van der Waals surface area contributed by atoms with E-state index in [2.05, 4.69) is 19.1 Å². The second-order valence-electron chi connectivity index (χ2n) is 4.50. The Morgan fingerprint density at radius 2 is 2.00 bits per heavy atom. The van der Waals surface area contributed by atoms with Gasteiger partial charge in [0.25, 0.3) is 0 Å². The molecule has 100 valence electrons. The number of ether oxygens (including phenoxy) is 1. The number of carbonyl (C=O) groups is 1. The highest BCUT2D eigenvalue weighted by atomic mass is 16.5. The van der Waals surface area contributed by atoms with Crippen molar-refractivity contribution in [2.75, 3.05) is 13.2 Å². The first-order valence-electron chi connectivity index (χ1n) is 6.55. The van der Waals surface area contributed by atoms with Crippen molar-refractivity contribution in [3.05, 3.63) is 35.9 Å². The summed E-state index contributed by atoms with van der Waals surface area (Å²) in [5.74, 6) is 0.229. The molecular weight excluding hydrogens is 228 g/mol. The van der Waals surface area contributed by atoms with E-state index in [1.807, 2.05) is 18.2 Å². The lowest BCUT2D eigenvalue weighted by Gasteiger charge is -2.11. The van der Waals surface area contributed by atoms with Crippen LogP contribution in [0.1, 0.15) is 44.1 Å². The summed E-state index contributed by atoms with van der Waals surface area (Å²) in [5, 5.41) is 8.59. The van der Waals surface area contributed by atoms with Crippen LogP contribution in [0.15, 0.2) is 30.3 Å². The molecule has 0 amide bonds. The molecule has 18 heavy (non-hydrogen) atoms. The van der Waals surface area contributed by atoms with E-state index in [-0.39, 0.29) is 12.6 Å². The molecule has 0 saturated carbocycles. The lowest BCUT2D eigenvalue weighted by Crippen LogP contribution is -2.07. The molecule has 1 rings (SSSR count). The fourth-order valence-corrected chi connectivity index (χ4v) is 1.75. The van der Waals surface area contributed by atoms with Gasteiger partial charge in [0, 0.05) is 13.0 Å². The molecular formula is C15H22O3. The lowest BCUT2D eigenvalue weighted by molar-refractivity contribution is -0.144. The van der Waals surface area contributed by atoms with E-state index in [1.165, 1.54) is 5.56 Å². The van der Waals surface area contributed by atoms with Gasteiger partial charge in [-0.05, 0) is 30.7 Å². The maximum absolute atomic E-state index is 11.5. The first-order valence-corrected chi connectivity index (χ1v) is 6.55. The van der Waals surface area contributed by atoms with Gasteiger partial charge < -0.3 is 9.84 Å². The van der Waals surface area contributed by atoms with Crippen LogP contribution in [0, 0.1) is 0 Å². The van der Waals surface area contributed by atoms with Crippen LogP contribution in [0.4, 0.5) is 0 Å². The number of unbranched alkanes of at least 4 members (excludes halogenated alkanes) is 1. The summed E-state index contributed by atoms with van der Waals surface area (Å²) in [4.78, 5) is 11.5. The van der Waals surface area contributed by atoms with Crippen LogP contribution >= 0.6 is 0 Å². The third-order valence-corrected chi connectivity index (χ3v) is 2.97. The first kappa shape index (κ1) is 14.7. The van der Waals surface area contributed by atoms with E-state index in [9.17, 15) is 4.79 Å². The highest BCUT2D eigenvalue weighted by Crippen LogP contribution is 2.20. The van der Waals surface area contributed by atoms with Crippen LogP contribution in [0.3, 0.4) is 0 Å². The SMILES string of the molecule is CC(CCC(=O)OCCCCO)c1ccccc1. The van der Waals surface area contributed by atoms with E-state index in [0.29, 0.717) is 25.4 Å². The van der Waals surface area contributed by atoms with Crippen LogP contribution in [0.5, 0.6) is 0 Å². The van der Waals surface area contributed by atoms with E-state index in [1.54, 1.807) is 0 Å². The summed E-state index contributed by atoms with van der Waals surface area (Å²) in [6, 6.07) is 10.2. The van der Waals surface area contributed by atoms with Gasteiger partial charge in [-0.3, -0.25) is 4.79 Å². The molecule has 1 aromatic rings. The monoisotopic (exact) mass is 250 g/mol. The highest BCUT2D eigenvalue weighted by Gasteiger charge is 2.09. The van der Waals surface area contributed by atoms with Gasteiger partial charge in [0.15, 0.2) is 0 Å². The quantitative estimate of drug-likeness (QED) is 0.570. The van der Waals surface area contributed by atoms with E-state index in [4.69, 9.17) is 9.84 Å². The number of aliphatic hydroxyl groups is 1. The second-order valence-corrected chi connectivity index (χ2v) is 4.50. The Hall–Kier alpha value is -1.35. The Bertz CT molecular complexity index is 335. The van der Waals surface area contributed by atoms with Crippen LogP contribution < -0.4 is 0 Å². The largest absolute Gasteiger partial charge is 0.466 e. The standard InChI is InChI=1S/C15H22O3/c1-13(14-7-3-2-4-8-14)9-10-15(17)18-12-6-5-11-16/h2-4,7-8,13,16H,5-6,9-12H2,1H3. The molecule has 3 nitrogen and oxygen atoms in total. The average molecular weight is 250 g/mol. The fraction of sp³-hybridized carbons (Fsp3) is 0.533. The number of hydrogen-bond acceptors (Lipinski definition) is 3. The Balaban J connectivity index is 2.18. The number of hydrogen-bond donors (Lipinski definition) is 1. The van der Waals surface area contributed by atoms with Gasteiger partial charge in [-0.15, -0.1) is 0 Å². The maximum Gasteiger partial charge on any atom is 0.305 e. The molecule has 1 atom stereocenters. The molecule has 0 aliphatic carbocycles. The Morgan fingerprint density at radius 3 is 2.67 bits per heavy atom. The van der Waals surface area contributed by atoms with Gasteiger partial charge in [-0.1, -0.05) is 37.3 Å². The summed E-state index contributed by atoms with van der Waals surface area (Å²) in [6.07, 6.45) is 2.68. The summed E-state index contributed by atoms with van der Waals surface area (Å²) in [5.41, 5.74) is 1.26. The predicted molar refractivity (Wildman–Crippen MR) is 71.4 cm³/mol. The number of rotatable bonds is 8. The van der Waals surface area contributed by atoms with Crippen molar-refractivity contribution in [2.24, 2.45) is 0 Å². The third kappa shape index (κ3) is 5.82. The molecule has 0 aliphatic heterocycles. The van der Waals surface area contributed by atoms with Crippen LogP contribution in [-0.4, -0.2) is 24.3 Å². The number of carbonyl (C=O) groups excluding carboxylic acids is 1. The van der Waals surface area contributed by atoms with Crippen LogP contribution in [0.2, 0.25) is 0 Å². The Morgan fingerprint density at radius 1 is 1.28 bits per heavy atom. The molecule has 0 bridgehead atoms. The minimum Gasteiger partial charge on any atom is -0.466 e. The highest BCUT2D eigenvalue weighted by molar-refractivity contribution is 5.69. The van der Waals surface area contributed by atoms with Gasteiger partial charge in [0.2, 0.25) is 0 Å². The van der Waals surface area contributed by atoms with Gasteiger partial charge >= 0.3 is 5.97 Å². The van der Waals surface area contributed by atoms with Gasteiger partial charge in [0.05, 0.1) is 6.61 Å². The summed E-state index contributed by atoms with van der Waals surface area (Å²) in [7, 11) is 0. The van der Waals surface area contributed by atoms with E-state index < -0.39 is 0 Å². The Kier molecular flexibility index (Phi) is 7.11.